The minimum atomic E-state index is -1.07. The Morgan fingerprint density at radius 3 is 2.87 bits per heavy atom. The zero-order chi connectivity index (χ0) is 16.6. The van der Waals surface area contributed by atoms with Crippen LogP contribution in [-0.2, 0) is 17.2 Å². The Kier molecular flexibility index (Phi) is 4.50. The summed E-state index contributed by atoms with van der Waals surface area (Å²) < 4.78 is 12.1. The van der Waals surface area contributed by atoms with Crippen LogP contribution in [0, 0.1) is 6.92 Å². The highest BCUT2D eigenvalue weighted by atomic mass is 32.2. The first-order chi connectivity index (χ1) is 11.0. The molecule has 1 saturated carbocycles. The van der Waals surface area contributed by atoms with Crippen molar-refractivity contribution in [2.45, 2.75) is 43.4 Å². The largest absolute Gasteiger partial charge is 0.508 e. The van der Waals surface area contributed by atoms with Gasteiger partial charge in [0.1, 0.15) is 10.8 Å². The molecule has 1 aliphatic rings. The van der Waals surface area contributed by atoms with E-state index in [1.807, 2.05) is 6.92 Å². The molecule has 1 fully saturated rings. The Balaban J connectivity index is 1.79. The molecule has 0 saturated heterocycles. The molecule has 0 spiro atoms. The first kappa shape index (κ1) is 16.1. The molecular formula is C16H18N2O3S2. The third-order valence-corrected chi connectivity index (χ3v) is 6.43. The summed E-state index contributed by atoms with van der Waals surface area (Å²) in [5.41, 5.74) is 1.87. The third kappa shape index (κ3) is 3.45. The van der Waals surface area contributed by atoms with Crippen molar-refractivity contribution in [2.75, 3.05) is 5.32 Å². The fourth-order valence-electron chi connectivity index (χ4n) is 2.22. The predicted octanol–water partition coefficient (Wildman–Crippen LogP) is 3.24. The number of amides is 1. The smallest absolute Gasteiger partial charge is 0.257 e. The van der Waals surface area contributed by atoms with Crippen LogP contribution < -0.4 is 5.32 Å². The number of aromatic nitrogens is 1. The molecular weight excluding hydrogens is 332 g/mol. The molecule has 0 bridgehead atoms. The van der Waals surface area contributed by atoms with Gasteiger partial charge in [-0.25, -0.2) is 4.98 Å². The normalized spacial score (nSPS) is 15.4. The van der Waals surface area contributed by atoms with Gasteiger partial charge in [-0.15, -0.1) is 11.3 Å². The number of anilines is 1. The van der Waals surface area contributed by atoms with Crippen molar-refractivity contribution in [1.29, 1.82) is 0 Å². The Morgan fingerprint density at radius 1 is 1.48 bits per heavy atom. The van der Waals surface area contributed by atoms with Gasteiger partial charge < -0.3 is 5.11 Å². The number of nitrogens with zero attached hydrogens (tertiary/aromatic N) is 1. The van der Waals surface area contributed by atoms with E-state index in [9.17, 15) is 14.1 Å². The first-order valence-corrected chi connectivity index (χ1v) is 9.58. The van der Waals surface area contributed by atoms with Crippen LogP contribution in [0.25, 0.3) is 0 Å². The van der Waals surface area contributed by atoms with Crippen LogP contribution >= 0.6 is 11.3 Å². The number of thiazole rings is 1. The van der Waals surface area contributed by atoms with Crippen LogP contribution in [0.1, 0.15) is 41.3 Å². The monoisotopic (exact) mass is 350 g/mol. The number of nitrogens with one attached hydrogen (secondary N) is 1. The highest BCUT2D eigenvalue weighted by Gasteiger charge is 2.30. The second kappa shape index (κ2) is 6.41. The van der Waals surface area contributed by atoms with E-state index in [2.05, 4.69) is 10.3 Å². The number of aromatic hydroxyl groups is 1. The van der Waals surface area contributed by atoms with Crippen LogP contribution in [0.4, 0.5) is 5.13 Å². The van der Waals surface area contributed by atoms with E-state index < -0.39 is 10.8 Å². The number of carbonyl (C=O) groups is 1. The van der Waals surface area contributed by atoms with E-state index in [1.165, 1.54) is 11.3 Å². The van der Waals surface area contributed by atoms with Gasteiger partial charge in [-0.1, -0.05) is 6.92 Å². The minimum Gasteiger partial charge on any atom is -0.508 e. The van der Waals surface area contributed by atoms with Crippen molar-refractivity contribution < 1.29 is 14.1 Å². The zero-order valence-corrected chi connectivity index (χ0v) is 14.6. The fourth-order valence-corrected chi connectivity index (χ4v) is 4.46. The van der Waals surface area contributed by atoms with Crippen molar-refractivity contribution in [3.8, 4) is 5.75 Å². The number of benzene rings is 1. The maximum Gasteiger partial charge on any atom is 0.257 e. The Bertz CT molecular complexity index is 782. The van der Waals surface area contributed by atoms with Crippen LogP contribution in [-0.4, -0.2) is 25.5 Å². The summed E-state index contributed by atoms with van der Waals surface area (Å²) in [5, 5.41) is 15.6. The van der Waals surface area contributed by atoms with Crippen LogP contribution in [0.15, 0.2) is 22.5 Å². The highest BCUT2D eigenvalue weighted by Crippen LogP contribution is 2.32. The second-order valence-electron chi connectivity index (χ2n) is 5.58. The Labute approximate surface area is 141 Å². The average molecular weight is 350 g/mol. The van der Waals surface area contributed by atoms with Crippen LogP contribution in [0.2, 0.25) is 0 Å². The van der Waals surface area contributed by atoms with Gasteiger partial charge in [0.25, 0.3) is 5.91 Å². The molecule has 1 aromatic carbocycles. The summed E-state index contributed by atoms with van der Waals surface area (Å²) in [6.45, 7) is 3.67. The van der Waals surface area contributed by atoms with Gasteiger partial charge in [0.15, 0.2) is 5.13 Å². The summed E-state index contributed by atoms with van der Waals surface area (Å²) in [4.78, 5) is 16.7. The van der Waals surface area contributed by atoms with Crippen molar-refractivity contribution in [1.82, 2.24) is 4.98 Å². The quantitative estimate of drug-likeness (QED) is 0.867. The molecule has 3 rings (SSSR count). The Hall–Kier alpha value is -1.73. The molecule has 1 atom stereocenters. The molecule has 1 amide bonds. The zero-order valence-electron chi connectivity index (χ0n) is 13.0. The van der Waals surface area contributed by atoms with E-state index in [1.54, 1.807) is 24.4 Å². The van der Waals surface area contributed by atoms with Crippen molar-refractivity contribution in [3.05, 3.63) is 34.2 Å². The van der Waals surface area contributed by atoms with E-state index in [4.69, 9.17) is 0 Å². The maximum absolute atomic E-state index is 12.4. The van der Waals surface area contributed by atoms with Crippen molar-refractivity contribution in [2.24, 2.45) is 0 Å². The molecule has 1 heterocycles. The van der Waals surface area contributed by atoms with Crippen LogP contribution in [0.5, 0.6) is 5.75 Å². The molecule has 1 aromatic heterocycles. The maximum atomic E-state index is 12.4. The van der Waals surface area contributed by atoms with Crippen LogP contribution in [0.3, 0.4) is 0 Å². The number of hydrogen-bond donors (Lipinski definition) is 2. The van der Waals surface area contributed by atoms with E-state index in [-0.39, 0.29) is 16.9 Å². The predicted molar refractivity (Wildman–Crippen MR) is 91.7 cm³/mol. The summed E-state index contributed by atoms with van der Waals surface area (Å²) >= 11 is 1.27. The summed E-state index contributed by atoms with van der Waals surface area (Å²) in [5.74, 6) is -0.199. The third-order valence-electron chi connectivity index (χ3n) is 3.83. The topological polar surface area (TPSA) is 79.3 Å². The number of phenols is 1. The van der Waals surface area contributed by atoms with E-state index in [0.717, 1.165) is 24.8 Å². The molecule has 2 aromatic rings. The molecule has 2 N–H and O–H groups in total. The lowest BCUT2D eigenvalue weighted by Gasteiger charge is -2.09. The van der Waals surface area contributed by atoms with Crippen molar-refractivity contribution in [3.63, 3.8) is 0 Å². The Morgan fingerprint density at radius 2 is 2.22 bits per heavy atom. The molecule has 23 heavy (non-hydrogen) atoms. The first-order valence-electron chi connectivity index (χ1n) is 7.49. The second-order valence-corrected chi connectivity index (χ2v) is 8.12. The standard InChI is InChI=1S/C16H18N2O3S2/c1-3-10-6-12(9(2)13(19)7-10)15(20)18-16-17-14(8-22-16)23(21)11-4-5-11/h6-8,11,19H,3-5H2,1-2H3,(H,17,18,20). The number of carbonyl (C=O) groups excluding carboxylic acids is 1. The molecule has 5 nitrogen and oxygen atoms in total. The van der Waals surface area contributed by atoms with E-state index >= 15 is 0 Å². The summed E-state index contributed by atoms with van der Waals surface area (Å²) in [6, 6.07) is 3.45. The number of hydrogen-bond acceptors (Lipinski definition) is 5. The molecule has 0 radical (unpaired) electrons. The molecule has 1 unspecified atom stereocenters. The van der Waals surface area contributed by atoms with Crippen molar-refractivity contribution >= 4 is 33.2 Å². The lowest BCUT2D eigenvalue weighted by atomic mass is 10.0. The molecule has 0 aliphatic heterocycles. The summed E-state index contributed by atoms with van der Waals surface area (Å²) in [6.07, 6.45) is 2.69. The number of aryl methyl sites for hydroxylation is 1. The number of rotatable bonds is 5. The van der Waals surface area contributed by atoms with Gasteiger partial charge >= 0.3 is 0 Å². The van der Waals surface area contributed by atoms with Gasteiger partial charge in [0.2, 0.25) is 0 Å². The lowest BCUT2D eigenvalue weighted by Crippen LogP contribution is -2.14. The minimum absolute atomic E-state index is 0.115. The molecule has 122 valence electrons. The van der Waals surface area contributed by atoms with E-state index in [0.29, 0.717) is 21.3 Å². The highest BCUT2D eigenvalue weighted by molar-refractivity contribution is 7.86. The van der Waals surface area contributed by atoms with Gasteiger partial charge in [-0.3, -0.25) is 14.3 Å². The lowest BCUT2D eigenvalue weighted by molar-refractivity contribution is 0.102. The van der Waals surface area contributed by atoms with Gasteiger partial charge in [0, 0.05) is 21.8 Å². The van der Waals surface area contributed by atoms with Gasteiger partial charge in [0.05, 0.1) is 10.8 Å². The fraction of sp³-hybridized carbons (Fsp3) is 0.375. The van der Waals surface area contributed by atoms with Gasteiger partial charge in [-0.2, -0.15) is 0 Å². The summed E-state index contributed by atoms with van der Waals surface area (Å²) in [7, 11) is -1.07. The number of phenolic OH excluding ortho intramolecular Hbond substituents is 1. The SMILES string of the molecule is CCc1cc(O)c(C)c(C(=O)Nc2nc(S(=O)C3CC3)cs2)c1. The van der Waals surface area contributed by atoms with Gasteiger partial charge in [-0.05, 0) is 43.9 Å². The average Bonchev–Trinajstić information content (AvgIpc) is 3.28. The molecule has 1 aliphatic carbocycles. The molecule has 7 heteroatoms.